The van der Waals surface area contributed by atoms with Crippen LogP contribution in [0.15, 0.2) is 24.3 Å². The summed E-state index contributed by atoms with van der Waals surface area (Å²) in [5.41, 5.74) is 1.27. The fourth-order valence-electron chi connectivity index (χ4n) is 2.84. The van der Waals surface area contributed by atoms with E-state index in [1.807, 2.05) is 12.1 Å². The van der Waals surface area contributed by atoms with Gasteiger partial charge in [-0.3, -0.25) is 0 Å². The van der Waals surface area contributed by atoms with Gasteiger partial charge in [0.05, 0.1) is 0 Å². The second kappa shape index (κ2) is 7.65. The van der Waals surface area contributed by atoms with Gasteiger partial charge in [-0.15, -0.1) is 0 Å². The lowest BCUT2D eigenvalue weighted by molar-refractivity contribution is 0.257. The second-order valence-corrected chi connectivity index (χ2v) is 6.12. The van der Waals surface area contributed by atoms with E-state index in [4.69, 9.17) is 4.74 Å². The molecule has 20 heavy (non-hydrogen) atoms. The monoisotopic (exact) mass is 276 g/mol. The van der Waals surface area contributed by atoms with Crippen molar-refractivity contribution in [3.05, 3.63) is 29.8 Å². The van der Waals surface area contributed by atoms with Gasteiger partial charge in [-0.05, 0) is 58.7 Å². The summed E-state index contributed by atoms with van der Waals surface area (Å²) in [5.74, 6) is 0.953. The highest BCUT2D eigenvalue weighted by Crippen LogP contribution is 2.13. The average Bonchev–Trinajstić information content (AvgIpc) is 2.90. The van der Waals surface area contributed by atoms with E-state index in [9.17, 15) is 0 Å². The Morgan fingerprint density at radius 1 is 1.25 bits per heavy atom. The standard InChI is InChI=1S/C17H28N2O/c1-13-6-8-17(9-7-13)20-12-15(3)19-14(2)11-16-5-4-10-18-16/h6-9,14-16,18-19H,4-5,10-12H2,1-3H3. The van der Waals surface area contributed by atoms with Gasteiger partial charge in [-0.1, -0.05) is 17.7 Å². The van der Waals surface area contributed by atoms with Gasteiger partial charge >= 0.3 is 0 Å². The zero-order valence-electron chi connectivity index (χ0n) is 13.0. The third kappa shape index (κ3) is 5.14. The molecule has 1 saturated heterocycles. The van der Waals surface area contributed by atoms with Crippen molar-refractivity contribution in [1.82, 2.24) is 10.6 Å². The van der Waals surface area contributed by atoms with Crippen molar-refractivity contribution < 1.29 is 4.74 Å². The molecule has 1 aromatic carbocycles. The fraction of sp³-hybridized carbons (Fsp3) is 0.647. The summed E-state index contributed by atoms with van der Waals surface area (Å²) in [7, 11) is 0. The number of aryl methyl sites for hydroxylation is 1. The molecule has 0 aromatic heterocycles. The summed E-state index contributed by atoms with van der Waals surface area (Å²) in [4.78, 5) is 0. The molecular weight excluding hydrogens is 248 g/mol. The molecule has 0 radical (unpaired) electrons. The minimum Gasteiger partial charge on any atom is -0.492 e. The molecule has 0 spiro atoms. The first kappa shape index (κ1) is 15.3. The highest BCUT2D eigenvalue weighted by Gasteiger charge is 2.18. The second-order valence-electron chi connectivity index (χ2n) is 6.12. The summed E-state index contributed by atoms with van der Waals surface area (Å²) >= 11 is 0. The Bertz CT molecular complexity index is 384. The average molecular weight is 276 g/mol. The number of hydrogen-bond donors (Lipinski definition) is 2. The number of hydrogen-bond acceptors (Lipinski definition) is 3. The molecule has 3 heteroatoms. The van der Waals surface area contributed by atoms with E-state index in [0.717, 1.165) is 5.75 Å². The van der Waals surface area contributed by atoms with Crippen molar-refractivity contribution in [2.75, 3.05) is 13.2 Å². The van der Waals surface area contributed by atoms with Crippen LogP contribution in [0.5, 0.6) is 5.75 Å². The first-order valence-electron chi connectivity index (χ1n) is 7.82. The summed E-state index contributed by atoms with van der Waals surface area (Å²) in [6.07, 6.45) is 3.85. The van der Waals surface area contributed by atoms with Gasteiger partial charge in [0.1, 0.15) is 12.4 Å². The molecule has 112 valence electrons. The van der Waals surface area contributed by atoms with Crippen LogP contribution in [0.2, 0.25) is 0 Å². The zero-order valence-corrected chi connectivity index (χ0v) is 13.0. The minimum atomic E-state index is 0.368. The summed E-state index contributed by atoms with van der Waals surface area (Å²) in [6, 6.07) is 9.84. The smallest absolute Gasteiger partial charge is 0.119 e. The van der Waals surface area contributed by atoms with Crippen LogP contribution in [0, 0.1) is 6.92 Å². The van der Waals surface area contributed by atoms with Crippen molar-refractivity contribution in [1.29, 1.82) is 0 Å². The summed E-state index contributed by atoms with van der Waals surface area (Å²) in [5, 5.41) is 7.18. The number of benzene rings is 1. The predicted octanol–water partition coefficient (Wildman–Crippen LogP) is 2.88. The molecule has 1 fully saturated rings. The molecule has 2 N–H and O–H groups in total. The molecule has 0 bridgehead atoms. The van der Waals surface area contributed by atoms with E-state index in [1.165, 1.54) is 31.4 Å². The Kier molecular flexibility index (Phi) is 5.86. The first-order chi connectivity index (χ1) is 9.63. The van der Waals surface area contributed by atoms with Crippen molar-refractivity contribution in [3.8, 4) is 5.75 Å². The topological polar surface area (TPSA) is 33.3 Å². The van der Waals surface area contributed by atoms with Crippen LogP contribution in [0.1, 0.15) is 38.7 Å². The fourth-order valence-corrected chi connectivity index (χ4v) is 2.84. The third-order valence-corrected chi connectivity index (χ3v) is 3.89. The molecule has 0 aliphatic carbocycles. The van der Waals surface area contributed by atoms with Gasteiger partial charge in [0.25, 0.3) is 0 Å². The summed E-state index contributed by atoms with van der Waals surface area (Å²) < 4.78 is 5.82. The normalized spacial score (nSPS) is 21.6. The van der Waals surface area contributed by atoms with Crippen LogP contribution in [0.25, 0.3) is 0 Å². The Balaban J connectivity index is 1.66. The molecular formula is C17H28N2O. The molecule has 1 aliphatic rings. The predicted molar refractivity (Wildman–Crippen MR) is 84.4 cm³/mol. The van der Waals surface area contributed by atoms with Gasteiger partial charge in [0, 0.05) is 18.1 Å². The SMILES string of the molecule is Cc1ccc(OCC(C)NC(C)CC2CCCN2)cc1. The van der Waals surface area contributed by atoms with Crippen LogP contribution < -0.4 is 15.4 Å². The molecule has 3 unspecified atom stereocenters. The molecule has 1 heterocycles. The maximum absolute atomic E-state index is 5.82. The summed E-state index contributed by atoms with van der Waals surface area (Å²) in [6.45, 7) is 8.44. The maximum atomic E-state index is 5.82. The Hall–Kier alpha value is -1.06. The Morgan fingerprint density at radius 2 is 2.00 bits per heavy atom. The molecule has 3 atom stereocenters. The van der Waals surface area contributed by atoms with Crippen molar-refractivity contribution in [2.45, 2.75) is 58.2 Å². The molecule has 1 aromatic rings. The van der Waals surface area contributed by atoms with Crippen LogP contribution in [-0.4, -0.2) is 31.3 Å². The highest BCUT2D eigenvalue weighted by atomic mass is 16.5. The van der Waals surface area contributed by atoms with E-state index in [1.54, 1.807) is 0 Å². The van der Waals surface area contributed by atoms with E-state index < -0.39 is 0 Å². The maximum Gasteiger partial charge on any atom is 0.119 e. The van der Waals surface area contributed by atoms with Crippen molar-refractivity contribution >= 4 is 0 Å². The minimum absolute atomic E-state index is 0.368. The third-order valence-electron chi connectivity index (χ3n) is 3.89. The lowest BCUT2D eigenvalue weighted by Gasteiger charge is -2.23. The van der Waals surface area contributed by atoms with Crippen LogP contribution in [0.3, 0.4) is 0 Å². The van der Waals surface area contributed by atoms with Crippen molar-refractivity contribution in [3.63, 3.8) is 0 Å². The van der Waals surface area contributed by atoms with Crippen molar-refractivity contribution in [2.24, 2.45) is 0 Å². The largest absolute Gasteiger partial charge is 0.492 e. The lowest BCUT2D eigenvalue weighted by Crippen LogP contribution is -2.41. The Labute approximate surface area is 123 Å². The zero-order chi connectivity index (χ0) is 14.4. The van der Waals surface area contributed by atoms with Gasteiger partial charge in [0.15, 0.2) is 0 Å². The molecule has 0 saturated carbocycles. The molecule has 1 aliphatic heterocycles. The Morgan fingerprint density at radius 3 is 2.65 bits per heavy atom. The number of rotatable bonds is 7. The van der Waals surface area contributed by atoms with Gasteiger partial charge in [-0.25, -0.2) is 0 Å². The number of ether oxygens (including phenoxy) is 1. The first-order valence-corrected chi connectivity index (χ1v) is 7.82. The van der Waals surface area contributed by atoms with Gasteiger partial charge in [-0.2, -0.15) is 0 Å². The van der Waals surface area contributed by atoms with E-state index >= 15 is 0 Å². The number of nitrogens with one attached hydrogen (secondary N) is 2. The quantitative estimate of drug-likeness (QED) is 0.803. The van der Waals surface area contributed by atoms with Crippen LogP contribution in [0.4, 0.5) is 0 Å². The van der Waals surface area contributed by atoms with Crippen LogP contribution in [-0.2, 0) is 0 Å². The molecule has 2 rings (SSSR count). The molecule has 0 amide bonds. The van der Waals surface area contributed by atoms with E-state index in [2.05, 4.69) is 43.5 Å². The van der Waals surface area contributed by atoms with Crippen LogP contribution >= 0.6 is 0 Å². The van der Waals surface area contributed by atoms with Gasteiger partial charge < -0.3 is 15.4 Å². The van der Waals surface area contributed by atoms with E-state index in [0.29, 0.717) is 24.7 Å². The lowest BCUT2D eigenvalue weighted by atomic mass is 10.1. The highest BCUT2D eigenvalue weighted by molar-refractivity contribution is 5.26. The van der Waals surface area contributed by atoms with E-state index in [-0.39, 0.29) is 0 Å². The molecule has 3 nitrogen and oxygen atoms in total. The van der Waals surface area contributed by atoms with Gasteiger partial charge in [0.2, 0.25) is 0 Å².